The number of hydrogen-bond donors (Lipinski definition) is 0. The lowest BCUT2D eigenvalue weighted by Crippen LogP contribution is -2.42. The van der Waals surface area contributed by atoms with Crippen LogP contribution in [0.5, 0.6) is 5.75 Å². The summed E-state index contributed by atoms with van der Waals surface area (Å²) in [6.07, 6.45) is 4.07. The molecule has 154 valence electrons. The number of para-hydroxylation sites is 2. The minimum Gasteiger partial charge on any atom is -0.482 e. The fourth-order valence-electron chi connectivity index (χ4n) is 3.87. The molecule has 0 atom stereocenters. The molecule has 9 heteroatoms. The Hall–Kier alpha value is -3.20. The molecular weight excluding hydrogens is 406 g/mol. The van der Waals surface area contributed by atoms with Crippen molar-refractivity contribution in [3.05, 3.63) is 57.0 Å². The maximum atomic E-state index is 12.6. The van der Waals surface area contributed by atoms with E-state index in [0.29, 0.717) is 22.1 Å². The largest absolute Gasteiger partial charge is 0.482 e. The monoisotopic (exact) mass is 425 g/mol. The summed E-state index contributed by atoms with van der Waals surface area (Å²) in [7, 11) is 0. The SMILES string of the molecule is O=C(CN1C(=O)COc2ccccc21)OCc1cc(=O)n2c3c(sc2n1)CCCC3. The fraction of sp³-hybridized carbons (Fsp3) is 0.333. The van der Waals surface area contributed by atoms with Gasteiger partial charge < -0.3 is 9.47 Å². The standard InChI is InChI=1S/C21H19N3O5S/c25-18-9-13(22-21-24(18)15-6-2-4-8-17(15)30-21)11-29-20(27)10-23-14-5-1-3-7-16(14)28-12-19(23)26/h1,3,5,7,9H,2,4,6,8,10-12H2. The molecule has 0 spiro atoms. The lowest BCUT2D eigenvalue weighted by molar-refractivity contribution is -0.144. The highest BCUT2D eigenvalue weighted by Crippen LogP contribution is 2.31. The number of nitrogens with zero attached hydrogens (tertiary/aromatic N) is 3. The van der Waals surface area contributed by atoms with Crippen molar-refractivity contribution in [2.45, 2.75) is 32.3 Å². The van der Waals surface area contributed by atoms with Crippen molar-refractivity contribution >= 4 is 33.9 Å². The van der Waals surface area contributed by atoms with Gasteiger partial charge in [-0.25, -0.2) is 4.98 Å². The lowest BCUT2D eigenvalue weighted by atomic mass is 10.0. The number of hydrogen-bond acceptors (Lipinski definition) is 7. The molecule has 1 amide bonds. The molecule has 0 bridgehead atoms. The molecule has 3 aromatic rings. The second-order valence-corrected chi connectivity index (χ2v) is 8.34. The van der Waals surface area contributed by atoms with Crippen LogP contribution in [-0.4, -0.2) is 34.4 Å². The van der Waals surface area contributed by atoms with E-state index in [1.54, 1.807) is 28.7 Å². The molecule has 1 aromatic carbocycles. The van der Waals surface area contributed by atoms with Gasteiger partial charge in [0.05, 0.1) is 11.4 Å². The first-order valence-electron chi connectivity index (χ1n) is 9.81. The molecule has 30 heavy (non-hydrogen) atoms. The van der Waals surface area contributed by atoms with Gasteiger partial charge in [0.25, 0.3) is 11.5 Å². The van der Waals surface area contributed by atoms with E-state index >= 15 is 0 Å². The second kappa shape index (κ2) is 7.56. The number of thiazole rings is 1. The van der Waals surface area contributed by atoms with Gasteiger partial charge in [0.1, 0.15) is 18.9 Å². The van der Waals surface area contributed by atoms with Crippen molar-refractivity contribution in [3.63, 3.8) is 0 Å². The van der Waals surface area contributed by atoms with Gasteiger partial charge in [0.15, 0.2) is 11.6 Å². The van der Waals surface area contributed by atoms with Crippen molar-refractivity contribution in [1.29, 1.82) is 0 Å². The molecule has 2 aromatic heterocycles. The third-order valence-corrected chi connectivity index (χ3v) is 6.43. The van der Waals surface area contributed by atoms with Gasteiger partial charge in [-0.2, -0.15) is 0 Å². The van der Waals surface area contributed by atoms with Crippen LogP contribution in [0.2, 0.25) is 0 Å². The van der Waals surface area contributed by atoms with Crippen LogP contribution in [0.1, 0.15) is 29.1 Å². The Balaban J connectivity index is 1.31. The van der Waals surface area contributed by atoms with E-state index < -0.39 is 5.97 Å². The minimum absolute atomic E-state index is 0.118. The predicted octanol–water partition coefficient (Wildman–Crippen LogP) is 2.10. The van der Waals surface area contributed by atoms with Crippen LogP contribution in [0.15, 0.2) is 35.1 Å². The van der Waals surface area contributed by atoms with E-state index in [1.165, 1.54) is 27.2 Å². The molecule has 0 saturated carbocycles. The maximum absolute atomic E-state index is 12.6. The molecule has 0 saturated heterocycles. The number of amides is 1. The highest BCUT2D eigenvalue weighted by molar-refractivity contribution is 7.17. The van der Waals surface area contributed by atoms with E-state index in [0.717, 1.165) is 31.4 Å². The summed E-state index contributed by atoms with van der Waals surface area (Å²) in [5.41, 5.74) is 1.85. The molecule has 0 radical (unpaired) electrons. The van der Waals surface area contributed by atoms with E-state index in [1.807, 2.05) is 0 Å². The number of rotatable bonds is 4. The molecule has 8 nitrogen and oxygen atoms in total. The first kappa shape index (κ1) is 18.8. The highest BCUT2D eigenvalue weighted by atomic mass is 32.1. The van der Waals surface area contributed by atoms with Gasteiger partial charge in [-0.05, 0) is 37.8 Å². The number of benzene rings is 1. The molecule has 0 fully saturated rings. The molecular formula is C21H19N3O5S. The van der Waals surface area contributed by atoms with E-state index in [4.69, 9.17) is 9.47 Å². The Morgan fingerprint density at radius 3 is 2.93 bits per heavy atom. The molecule has 1 aliphatic carbocycles. The van der Waals surface area contributed by atoms with Gasteiger partial charge in [-0.1, -0.05) is 12.1 Å². The summed E-state index contributed by atoms with van der Waals surface area (Å²) in [5.74, 6) is -0.341. The number of carbonyl (C=O) groups is 2. The number of aromatic nitrogens is 2. The molecule has 1 aliphatic heterocycles. The van der Waals surface area contributed by atoms with E-state index in [-0.39, 0.29) is 31.2 Å². The molecule has 0 N–H and O–H groups in total. The molecule has 2 aliphatic rings. The van der Waals surface area contributed by atoms with Crippen LogP contribution in [0.4, 0.5) is 5.69 Å². The predicted molar refractivity (Wildman–Crippen MR) is 110 cm³/mol. The highest BCUT2D eigenvalue weighted by Gasteiger charge is 2.27. The Bertz CT molecular complexity index is 1220. The summed E-state index contributed by atoms with van der Waals surface area (Å²) in [6, 6.07) is 8.44. The third-order valence-electron chi connectivity index (χ3n) is 5.29. The second-order valence-electron chi connectivity index (χ2n) is 7.28. The number of carbonyl (C=O) groups excluding carboxylic acids is 2. The van der Waals surface area contributed by atoms with E-state index in [9.17, 15) is 14.4 Å². The van der Waals surface area contributed by atoms with Crippen molar-refractivity contribution in [2.24, 2.45) is 0 Å². The van der Waals surface area contributed by atoms with Gasteiger partial charge in [0.2, 0.25) is 0 Å². The van der Waals surface area contributed by atoms with Crippen LogP contribution in [0, 0.1) is 0 Å². The zero-order valence-corrected chi connectivity index (χ0v) is 16.9. The average Bonchev–Trinajstić information content (AvgIpc) is 3.13. The maximum Gasteiger partial charge on any atom is 0.326 e. The summed E-state index contributed by atoms with van der Waals surface area (Å²) in [6.45, 7) is -0.469. The van der Waals surface area contributed by atoms with Gasteiger partial charge in [0, 0.05) is 16.6 Å². The fourth-order valence-corrected chi connectivity index (χ4v) is 5.10. The summed E-state index contributed by atoms with van der Waals surface area (Å²) < 4.78 is 12.4. The average molecular weight is 425 g/mol. The molecule has 5 rings (SSSR count). The summed E-state index contributed by atoms with van der Waals surface area (Å²) >= 11 is 1.53. The third kappa shape index (κ3) is 3.35. The molecule has 0 unspecified atom stereocenters. The van der Waals surface area contributed by atoms with Crippen LogP contribution >= 0.6 is 11.3 Å². The Kier molecular flexibility index (Phi) is 4.74. The zero-order valence-electron chi connectivity index (χ0n) is 16.1. The molecule has 3 heterocycles. The van der Waals surface area contributed by atoms with Crippen molar-refractivity contribution in [2.75, 3.05) is 18.1 Å². The Morgan fingerprint density at radius 1 is 1.20 bits per heavy atom. The topological polar surface area (TPSA) is 90.2 Å². The quantitative estimate of drug-likeness (QED) is 0.595. The number of esters is 1. The van der Waals surface area contributed by atoms with E-state index in [2.05, 4.69) is 4.98 Å². The van der Waals surface area contributed by atoms with Crippen LogP contribution in [0.3, 0.4) is 0 Å². The Morgan fingerprint density at radius 2 is 2.03 bits per heavy atom. The normalized spacial score (nSPS) is 15.5. The van der Waals surface area contributed by atoms with Crippen molar-refractivity contribution in [3.8, 4) is 5.75 Å². The smallest absolute Gasteiger partial charge is 0.326 e. The van der Waals surface area contributed by atoms with Gasteiger partial charge in [-0.3, -0.25) is 23.7 Å². The van der Waals surface area contributed by atoms with Crippen molar-refractivity contribution < 1.29 is 19.1 Å². The summed E-state index contributed by atoms with van der Waals surface area (Å²) in [4.78, 5) is 44.9. The first-order chi connectivity index (χ1) is 14.6. The first-order valence-corrected chi connectivity index (χ1v) is 10.6. The lowest BCUT2D eigenvalue weighted by Gasteiger charge is -2.28. The van der Waals surface area contributed by atoms with Crippen LogP contribution in [0.25, 0.3) is 4.96 Å². The number of ether oxygens (including phenoxy) is 2. The summed E-state index contributed by atoms with van der Waals surface area (Å²) in [5, 5.41) is 0. The van der Waals surface area contributed by atoms with Crippen LogP contribution in [-0.2, 0) is 33.8 Å². The number of anilines is 1. The van der Waals surface area contributed by atoms with Crippen LogP contribution < -0.4 is 15.2 Å². The zero-order chi connectivity index (χ0) is 20.7. The number of fused-ring (bicyclic) bond motifs is 4. The van der Waals surface area contributed by atoms with Gasteiger partial charge in [-0.15, -0.1) is 11.3 Å². The van der Waals surface area contributed by atoms with Gasteiger partial charge >= 0.3 is 5.97 Å². The Labute approximate surface area is 175 Å². The minimum atomic E-state index is -0.576. The van der Waals surface area contributed by atoms with Crippen molar-refractivity contribution in [1.82, 2.24) is 9.38 Å². The number of aryl methyl sites for hydroxylation is 2.